The van der Waals surface area contributed by atoms with Crippen molar-refractivity contribution in [3.05, 3.63) is 0 Å². The van der Waals surface area contributed by atoms with E-state index in [-0.39, 0.29) is 18.9 Å². The Morgan fingerprint density at radius 3 is 2.83 bits per heavy atom. The molecule has 0 bridgehead atoms. The zero-order valence-corrected chi connectivity index (χ0v) is 11.9. The first-order valence-corrected chi connectivity index (χ1v) is 7.88. The lowest BCUT2D eigenvalue weighted by Gasteiger charge is -2.32. The molecular formula is C10H18ClNO5S. The largest absolute Gasteiger partial charge is 0.468 e. The van der Waals surface area contributed by atoms with Gasteiger partial charge in [-0.05, 0) is 12.8 Å². The van der Waals surface area contributed by atoms with Crippen LogP contribution in [0.3, 0.4) is 0 Å². The SMILES string of the molecule is COC(=O)C1COCCN1S(=O)(=O)CCCCCl. The highest BCUT2D eigenvalue weighted by molar-refractivity contribution is 7.89. The predicted octanol–water partition coefficient (Wildman–Crippen LogP) is 0.209. The van der Waals surface area contributed by atoms with Gasteiger partial charge in [-0.15, -0.1) is 11.6 Å². The van der Waals surface area contributed by atoms with Gasteiger partial charge in [0.2, 0.25) is 10.0 Å². The number of hydrogen-bond acceptors (Lipinski definition) is 5. The summed E-state index contributed by atoms with van der Waals surface area (Å²) in [5.74, 6) is -0.164. The van der Waals surface area contributed by atoms with Crippen molar-refractivity contribution in [1.82, 2.24) is 4.31 Å². The van der Waals surface area contributed by atoms with E-state index in [2.05, 4.69) is 4.74 Å². The number of carbonyl (C=O) groups excluding carboxylic acids is 1. The number of carbonyl (C=O) groups is 1. The molecule has 0 aromatic heterocycles. The van der Waals surface area contributed by atoms with Gasteiger partial charge in [0.05, 0.1) is 26.1 Å². The minimum Gasteiger partial charge on any atom is -0.468 e. The molecule has 6 nitrogen and oxygen atoms in total. The Morgan fingerprint density at radius 2 is 2.22 bits per heavy atom. The number of rotatable bonds is 6. The minimum absolute atomic E-state index is 0.00673. The number of nitrogens with zero attached hydrogens (tertiary/aromatic N) is 1. The van der Waals surface area contributed by atoms with Crippen molar-refractivity contribution in [2.24, 2.45) is 0 Å². The zero-order valence-electron chi connectivity index (χ0n) is 10.3. The fraction of sp³-hybridized carbons (Fsp3) is 0.900. The Morgan fingerprint density at radius 1 is 1.50 bits per heavy atom. The second kappa shape index (κ2) is 7.28. The van der Waals surface area contributed by atoms with Crippen LogP contribution >= 0.6 is 11.6 Å². The van der Waals surface area contributed by atoms with Crippen LogP contribution in [0.15, 0.2) is 0 Å². The monoisotopic (exact) mass is 299 g/mol. The van der Waals surface area contributed by atoms with Crippen LogP contribution in [0, 0.1) is 0 Å². The third kappa shape index (κ3) is 4.08. The van der Waals surface area contributed by atoms with Crippen LogP contribution in [0.2, 0.25) is 0 Å². The molecular weight excluding hydrogens is 282 g/mol. The van der Waals surface area contributed by atoms with Gasteiger partial charge in [0, 0.05) is 12.4 Å². The van der Waals surface area contributed by atoms with Crippen molar-refractivity contribution < 1.29 is 22.7 Å². The van der Waals surface area contributed by atoms with E-state index in [9.17, 15) is 13.2 Å². The molecule has 0 radical (unpaired) electrons. The number of ether oxygens (including phenoxy) is 2. The number of esters is 1. The Balaban J connectivity index is 2.73. The molecule has 1 aliphatic heterocycles. The number of hydrogen-bond donors (Lipinski definition) is 0. The van der Waals surface area contributed by atoms with Crippen LogP contribution in [0.5, 0.6) is 0 Å². The molecule has 1 unspecified atom stereocenters. The molecule has 0 aliphatic carbocycles. The normalized spacial score (nSPS) is 21.8. The van der Waals surface area contributed by atoms with Crippen molar-refractivity contribution in [3.8, 4) is 0 Å². The molecule has 1 heterocycles. The lowest BCUT2D eigenvalue weighted by molar-refractivity contribution is -0.149. The molecule has 18 heavy (non-hydrogen) atoms. The van der Waals surface area contributed by atoms with Gasteiger partial charge in [-0.2, -0.15) is 4.31 Å². The highest BCUT2D eigenvalue weighted by atomic mass is 35.5. The quantitative estimate of drug-likeness (QED) is 0.398. The number of halogens is 1. The fourth-order valence-electron chi connectivity index (χ4n) is 1.74. The first kappa shape index (κ1) is 15.7. The second-order valence-electron chi connectivity index (χ2n) is 3.94. The maximum absolute atomic E-state index is 12.1. The van der Waals surface area contributed by atoms with Crippen LogP contribution < -0.4 is 0 Å². The van der Waals surface area contributed by atoms with Crippen LogP contribution in [-0.2, 0) is 24.3 Å². The number of unbranched alkanes of at least 4 members (excludes halogenated alkanes) is 1. The molecule has 0 aromatic carbocycles. The fourth-order valence-corrected chi connectivity index (χ4v) is 3.62. The molecule has 0 amide bonds. The van der Waals surface area contributed by atoms with Crippen molar-refractivity contribution in [2.75, 3.05) is 38.5 Å². The summed E-state index contributed by atoms with van der Waals surface area (Å²) in [6.07, 6.45) is 1.12. The number of methoxy groups -OCH3 is 1. The maximum Gasteiger partial charge on any atom is 0.326 e. The van der Waals surface area contributed by atoms with E-state index in [0.29, 0.717) is 25.3 Å². The van der Waals surface area contributed by atoms with E-state index >= 15 is 0 Å². The van der Waals surface area contributed by atoms with Gasteiger partial charge in [-0.3, -0.25) is 4.79 Å². The van der Waals surface area contributed by atoms with Crippen molar-refractivity contribution in [2.45, 2.75) is 18.9 Å². The third-order valence-corrected chi connectivity index (χ3v) is 4.92. The molecule has 1 fully saturated rings. The van der Waals surface area contributed by atoms with Gasteiger partial charge in [-0.25, -0.2) is 8.42 Å². The molecule has 0 saturated carbocycles. The summed E-state index contributed by atoms with van der Waals surface area (Å²) >= 11 is 5.52. The summed E-state index contributed by atoms with van der Waals surface area (Å²) in [5, 5.41) is 0. The van der Waals surface area contributed by atoms with E-state index in [1.165, 1.54) is 11.4 Å². The zero-order chi connectivity index (χ0) is 13.6. The smallest absolute Gasteiger partial charge is 0.326 e. The number of sulfonamides is 1. The summed E-state index contributed by atoms with van der Waals surface area (Å²) in [5.41, 5.74) is 0. The lowest BCUT2D eigenvalue weighted by atomic mass is 10.3. The van der Waals surface area contributed by atoms with E-state index < -0.39 is 22.0 Å². The molecule has 1 atom stereocenters. The Bertz CT molecular complexity index is 372. The summed E-state index contributed by atoms with van der Waals surface area (Å²) < 4.78 is 35.1. The topological polar surface area (TPSA) is 72.9 Å². The highest BCUT2D eigenvalue weighted by Gasteiger charge is 2.37. The first-order valence-electron chi connectivity index (χ1n) is 5.74. The second-order valence-corrected chi connectivity index (χ2v) is 6.36. The van der Waals surface area contributed by atoms with Crippen molar-refractivity contribution >= 4 is 27.6 Å². The number of morpholine rings is 1. The van der Waals surface area contributed by atoms with Gasteiger partial charge in [0.15, 0.2) is 0 Å². The summed E-state index contributed by atoms with van der Waals surface area (Å²) in [7, 11) is -2.23. The Hall–Kier alpha value is -0.370. The van der Waals surface area contributed by atoms with Crippen molar-refractivity contribution in [3.63, 3.8) is 0 Å². The molecule has 1 saturated heterocycles. The Labute approximate surface area is 112 Å². The van der Waals surface area contributed by atoms with Gasteiger partial charge in [-0.1, -0.05) is 0 Å². The first-order chi connectivity index (χ1) is 8.53. The molecule has 0 aromatic rings. The van der Waals surface area contributed by atoms with Crippen LogP contribution in [0.25, 0.3) is 0 Å². The maximum atomic E-state index is 12.1. The molecule has 1 rings (SSSR count). The minimum atomic E-state index is -3.47. The molecule has 1 aliphatic rings. The summed E-state index contributed by atoms with van der Waals surface area (Å²) in [4.78, 5) is 11.5. The van der Waals surface area contributed by atoms with Crippen LogP contribution in [0.1, 0.15) is 12.8 Å². The molecule has 106 valence electrons. The van der Waals surface area contributed by atoms with Gasteiger partial charge >= 0.3 is 5.97 Å². The van der Waals surface area contributed by atoms with Crippen LogP contribution in [-0.4, -0.2) is 63.2 Å². The molecule has 0 N–H and O–H groups in total. The van der Waals surface area contributed by atoms with Crippen LogP contribution in [0.4, 0.5) is 0 Å². The molecule has 0 spiro atoms. The standard InChI is InChI=1S/C10H18ClNO5S/c1-16-10(13)9-8-17-6-5-12(9)18(14,15)7-3-2-4-11/h9H,2-8H2,1H3. The summed E-state index contributed by atoms with van der Waals surface area (Å²) in [6, 6.07) is -0.871. The van der Waals surface area contributed by atoms with Crippen molar-refractivity contribution in [1.29, 1.82) is 0 Å². The highest BCUT2D eigenvalue weighted by Crippen LogP contribution is 2.15. The lowest BCUT2D eigenvalue weighted by Crippen LogP contribution is -2.53. The van der Waals surface area contributed by atoms with E-state index in [4.69, 9.17) is 16.3 Å². The van der Waals surface area contributed by atoms with E-state index in [1.807, 2.05) is 0 Å². The van der Waals surface area contributed by atoms with E-state index in [0.717, 1.165) is 0 Å². The average Bonchev–Trinajstić information content (AvgIpc) is 2.38. The number of alkyl halides is 1. The van der Waals surface area contributed by atoms with E-state index in [1.54, 1.807) is 0 Å². The molecule has 8 heteroatoms. The van der Waals surface area contributed by atoms with Gasteiger partial charge in [0.25, 0.3) is 0 Å². The van der Waals surface area contributed by atoms with Gasteiger partial charge < -0.3 is 9.47 Å². The average molecular weight is 300 g/mol. The summed E-state index contributed by atoms with van der Waals surface area (Å²) in [6.45, 7) is 0.520. The Kier molecular flexibility index (Phi) is 6.34. The predicted molar refractivity (Wildman–Crippen MR) is 67.1 cm³/mol. The third-order valence-electron chi connectivity index (χ3n) is 2.70. The van der Waals surface area contributed by atoms with Gasteiger partial charge in [0.1, 0.15) is 6.04 Å².